The van der Waals surface area contributed by atoms with Crippen LogP contribution in [0.3, 0.4) is 0 Å². The molecule has 0 N–H and O–H groups in total. The summed E-state index contributed by atoms with van der Waals surface area (Å²) in [5, 5.41) is 0. The normalized spacial score (nSPS) is 87.0. The van der Waals surface area contributed by atoms with Crippen LogP contribution in [0, 0.1) is 29.1 Å². The fourth-order valence-electron chi connectivity index (χ4n) is 4.18. The third-order valence-corrected chi connectivity index (χ3v) is 4.49. The van der Waals surface area contributed by atoms with Crippen LogP contribution in [-0.4, -0.2) is 0 Å². The number of hydrogen-bond donors (Lipinski definition) is 0. The highest BCUT2D eigenvalue weighted by atomic mass is 15.0. The molecule has 0 heteroatoms. The predicted molar refractivity (Wildman–Crippen MR) is 30.2 cm³/mol. The average Bonchev–Trinajstić information content (AvgIpc) is 2.46. The van der Waals surface area contributed by atoms with Gasteiger partial charge in [-0.15, -0.1) is 0 Å². The standard InChI is InChI=1S/C8H10/c1-2-4-5-6-7(5)8(4,6)3-1/h4-7H,1-3H2. The van der Waals surface area contributed by atoms with Crippen LogP contribution in [0.25, 0.3) is 0 Å². The zero-order valence-corrected chi connectivity index (χ0v) is 4.93. The minimum atomic E-state index is 1.06. The third-order valence-electron chi connectivity index (χ3n) is 4.49. The molecule has 0 aromatic heterocycles. The van der Waals surface area contributed by atoms with E-state index in [1.165, 1.54) is 23.7 Å². The van der Waals surface area contributed by atoms with Crippen LogP contribution < -0.4 is 0 Å². The van der Waals surface area contributed by atoms with E-state index in [4.69, 9.17) is 0 Å². The van der Waals surface area contributed by atoms with Gasteiger partial charge in [-0.2, -0.15) is 0 Å². The first-order chi connectivity index (χ1) is 3.96. The van der Waals surface area contributed by atoms with E-state index in [2.05, 4.69) is 0 Å². The molecule has 0 heterocycles. The van der Waals surface area contributed by atoms with E-state index in [-0.39, 0.29) is 0 Å². The number of hydrogen-bond acceptors (Lipinski definition) is 0. The molecule has 5 fully saturated rings. The van der Waals surface area contributed by atoms with Gasteiger partial charge < -0.3 is 0 Å². The second-order valence-corrected chi connectivity index (χ2v) is 4.24. The van der Waals surface area contributed by atoms with Crippen molar-refractivity contribution in [2.24, 2.45) is 29.1 Å². The molecule has 0 aromatic rings. The molecule has 3 unspecified atom stereocenters. The van der Waals surface area contributed by atoms with E-state index in [9.17, 15) is 0 Å². The van der Waals surface area contributed by atoms with Crippen molar-refractivity contribution in [1.82, 2.24) is 0 Å². The first kappa shape index (κ1) is 3.24. The van der Waals surface area contributed by atoms with Gasteiger partial charge in [-0.1, -0.05) is 6.42 Å². The maximum atomic E-state index is 1.63. The highest BCUT2D eigenvalue weighted by Gasteiger charge is 2.98. The highest BCUT2D eigenvalue weighted by molar-refractivity contribution is 5.44. The van der Waals surface area contributed by atoms with Gasteiger partial charge in [-0.05, 0) is 41.9 Å². The Kier molecular flexibility index (Phi) is 0.231. The molecule has 0 nitrogen and oxygen atoms in total. The highest BCUT2D eigenvalue weighted by Crippen LogP contribution is 3.02. The van der Waals surface area contributed by atoms with Gasteiger partial charge in [0, 0.05) is 0 Å². The minimum Gasteiger partial charge on any atom is -0.0525 e. The second-order valence-electron chi connectivity index (χ2n) is 4.24. The van der Waals surface area contributed by atoms with Gasteiger partial charge in [-0.25, -0.2) is 0 Å². The van der Waals surface area contributed by atoms with Crippen molar-refractivity contribution >= 4 is 0 Å². The molecule has 8 heavy (non-hydrogen) atoms. The Morgan fingerprint density at radius 3 is 2.62 bits per heavy atom. The van der Waals surface area contributed by atoms with E-state index in [0.29, 0.717) is 0 Å². The summed E-state index contributed by atoms with van der Waals surface area (Å²) in [6.45, 7) is 0. The van der Waals surface area contributed by atoms with Crippen LogP contribution in [0.15, 0.2) is 0 Å². The molecule has 1 spiro atoms. The lowest BCUT2D eigenvalue weighted by atomic mass is 9.61. The summed E-state index contributed by atoms with van der Waals surface area (Å²) >= 11 is 0. The zero-order valence-electron chi connectivity index (χ0n) is 4.93. The fraction of sp³-hybridized carbons (Fsp3) is 1.00. The summed E-state index contributed by atoms with van der Waals surface area (Å²) in [5.41, 5.74) is 1.06. The largest absolute Gasteiger partial charge is 0.0525 e. The Labute approximate surface area is 49.3 Å². The van der Waals surface area contributed by atoms with Gasteiger partial charge >= 0.3 is 0 Å². The maximum absolute atomic E-state index is 1.63. The molecule has 2 bridgehead atoms. The fourth-order valence-corrected chi connectivity index (χ4v) is 4.18. The Morgan fingerprint density at radius 1 is 1.25 bits per heavy atom. The topological polar surface area (TPSA) is 0 Å². The van der Waals surface area contributed by atoms with Crippen molar-refractivity contribution in [2.45, 2.75) is 19.3 Å². The molecule has 5 saturated carbocycles. The first-order valence-corrected chi connectivity index (χ1v) is 3.96. The molecule has 0 aliphatic heterocycles. The molecule has 3 atom stereocenters. The van der Waals surface area contributed by atoms with Gasteiger partial charge in [0.2, 0.25) is 0 Å². The van der Waals surface area contributed by atoms with E-state index < -0.39 is 0 Å². The smallest absolute Gasteiger partial charge is 0.0198 e. The van der Waals surface area contributed by atoms with E-state index in [0.717, 1.165) is 5.41 Å². The van der Waals surface area contributed by atoms with Gasteiger partial charge in [0.1, 0.15) is 0 Å². The van der Waals surface area contributed by atoms with Crippen LogP contribution in [0.2, 0.25) is 0 Å². The summed E-state index contributed by atoms with van der Waals surface area (Å²) in [5.74, 6) is 5.21. The van der Waals surface area contributed by atoms with Crippen LogP contribution >= 0.6 is 0 Å². The summed E-state index contributed by atoms with van der Waals surface area (Å²) in [6.07, 6.45) is 4.81. The molecule has 5 rings (SSSR count). The van der Waals surface area contributed by atoms with Gasteiger partial charge in [-0.3, -0.25) is 0 Å². The quantitative estimate of drug-likeness (QED) is 0.440. The van der Waals surface area contributed by atoms with E-state index in [1.807, 2.05) is 0 Å². The van der Waals surface area contributed by atoms with Crippen molar-refractivity contribution in [3.05, 3.63) is 0 Å². The summed E-state index contributed by atoms with van der Waals surface area (Å²) in [4.78, 5) is 0. The molecular formula is C8H10. The summed E-state index contributed by atoms with van der Waals surface area (Å²) < 4.78 is 0. The monoisotopic (exact) mass is 106 g/mol. The predicted octanol–water partition coefficient (Wildman–Crippen LogP) is 1.66. The molecule has 0 aromatic carbocycles. The first-order valence-electron chi connectivity index (χ1n) is 3.96. The second kappa shape index (κ2) is 0.571. The Hall–Kier alpha value is 0. The van der Waals surface area contributed by atoms with E-state index in [1.54, 1.807) is 19.3 Å². The molecular weight excluding hydrogens is 96.1 g/mol. The van der Waals surface area contributed by atoms with Crippen molar-refractivity contribution in [3.63, 3.8) is 0 Å². The maximum Gasteiger partial charge on any atom is -0.0198 e. The SMILES string of the molecule is C1CC2C3C4C3C24C1. The Morgan fingerprint density at radius 2 is 2.12 bits per heavy atom. The summed E-state index contributed by atoms with van der Waals surface area (Å²) in [7, 11) is 0. The molecule has 5 aliphatic rings. The van der Waals surface area contributed by atoms with Gasteiger partial charge in [0.15, 0.2) is 0 Å². The van der Waals surface area contributed by atoms with Gasteiger partial charge in [0.05, 0.1) is 0 Å². The lowest BCUT2D eigenvalue weighted by Crippen LogP contribution is -2.39. The average molecular weight is 106 g/mol. The molecule has 0 amide bonds. The number of rotatable bonds is 0. The van der Waals surface area contributed by atoms with Crippen molar-refractivity contribution < 1.29 is 0 Å². The van der Waals surface area contributed by atoms with E-state index >= 15 is 0 Å². The van der Waals surface area contributed by atoms with Crippen molar-refractivity contribution in [1.29, 1.82) is 0 Å². The lowest BCUT2D eigenvalue weighted by molar-refractivity contribution is 0.0342. The lowest BCUT2D eigenvalue weighted by Gasteiger charge is -2.43. The third kappa shape index (κ3) is 0.110. The van der Waals surface area contributed by atoms with Crippen LogP contribution in [-0.2, 0) is 0 Å². The Bertz CT molecular complexity index is 166. The van der Waals surface area contributed by atoms with Crippen molar-refractivity contribution in [3.8, 4) is 0 Å². The molecule has 42 valence electrons. The van der Waals surface area contributed by atoms with Crippen molar-refractivity contribution in [2.75, 3.05) is 0 Å². The van der Waals surface area contributed by atoms with Crippen LogP contribution in [0.4, 0.5) is 0 Å². The Balaban J connectivity index is 1.97. The minimum absolute atomic E-state index is 1.06. The molecule has 0 saturated heterocycles. The molecule has 5 aliphatic carbocycles. The summed E-state index contributed by atoms with van der Waals surface area (Å²) in [6, 6.07) is 0. The van der Waals surface area contributed by atoms with Crippen LogP contribution in [0.1, 0.15) is 19.3 Å². The van der Waals surface area contributed by atoms with Crippen LogP contribution in [0.5, 0.6) is 0 Å². The zero-order chi connectivity index (χ0) is 4.93. The molecule has 0 radical (unpaired) electrons. The van der Waals surface area contributed by atoms with Gasteiger partial charge in [0.25, 0.3) is 0 Å².